The first kappa shape index (κ1) is 12.1. The van der Waals surface area contributed by atoms with E-state index in [0.29, 0.717) is 11.6 Å². The van der Waals surface area contributed by atoms with Gasteiger partial charge in [0.25, 0.3) is 0 Å². The van der Waals surface area contributed by atoms with Crippen LogP contribution in [0.3, 0.4) is 0 Å². The number of benzene rings is 1. The minimum absolute atomic E-state index is 0.0748. The third-order valence-corrected chi connectivity index (χ3v) is 3.56. The molecule has 98 valence electrons. The van der Waals surface area contributed by atoms with Gasteiger partial charge in [0.1, 0.15) is 0 Å². The third kappa shape index (κ3) is 2.58. The van der Waals surface area contributed by atoms with Crippen LogP contribution in [0.4, 0.5) is 10.5 Å². The number of carbonyl (C=O) groups excluding carboxylic acids is 1. The van der Waals surface area contributed by atoms with E-state index >= 15 is 0 Å². The molecule has 0 aliphatic carbocycles. The van der Waals surface area contributed by atoms with Crippen LogP contribution in [0.25, 0.3) is 0 Å². The molecular weight excluding hydrogens is 262 g/mol. The number of hydrogen-bond donors (Lipinski definition) is 2. The van der Waals surface area contributed by atoms with Crippen molar-refractivity contribution in [1.29, 1.82) is 0 Å². The predicted molar refractivity (Wildman–Crippen MR) is 75.4 cm³/mol. The largest absolute Gasteiger partial charge is 0.365 e. The maximum absolute atomic E-state index is 12.2. The van der Waals surface area contributed by atoms with Crippen molar-refractivity contribution in [2.75, 3.05) is 11.9 Å². The van der Waals surface area contributed by atoms with E-state index in [-0.39, 0.29) is 6.03 Å². The molecular formula is C14H14ClN3O. The Balaban J connectivity index is 1.67. The van der Waals surface area contributed by atoms with E-state index in [1.165, 1.54) is 11.3 Å². The normalized spacial score (nSPS) is 14.1. The van der Waals surface area contributed by atoms with Crippen LogP contribution in [-0.4, -0.2) is 22.5 Å². The molecule has 2 heterocycles. The number of aromatic amines is 1. The maximum atomic E-state index is 12.2. The maximum Gasteiger partial charge on any atom is 0.322 e. The van der Waals surface area contributed by atoms with Gasteiger partial charge in [-0.3, -0.25) is 0 Å². The number of rotatable bonds is 1. The fourth-order valence-corrected chi connectivity index (χ4v) is 2.38. The van der Waals surface area contributed by atoms with Crippen molar-refractivity contribution < 1.29 is 4.79 Å². The van der Waals surface area contributed by atoms with Crippen LogP contribution in [0.2, 0.25) is 5.02 Å². The lowest BCUT2D eigenvalue weighted by Gasteiger charge is -2.27. The molecule has 2 N–H and O–H groups in total. The average molecular weight is 276 g/mol. The highest BCUT2D eigenvalue weighted by Crippen LogP contribution is 2.19. The molecule has 0 saturated heterocycles. The first-order chi connectivity index (χ1) is 9.22. The zero-order chi connectivity index (χ0) is 13.2. The number of H-pyrrole nitrogens is 1. The molecule has 2 amide bonds. The van der Waals surface area contributed by atoms with Crippen LogP contribution in [0, 0.1) is 0 Å². The number of anilines is 1. The van der Waals surface area contributed by atoms with Gasteiger partial charge in [-0.2, -0.15) is 0 Å². The highest BCUT2D eigenvalue weighted by Gasteiger charge is 2.21. The Morgan fingerprint density at radius 1 is 1.26 bits per heavy atom. The molecule has 1 aromatic carbocycles. The molecule has 0 unspecified atom stereocenters. The van der Waals surface area contributed by atoms with Crippen LogP contribution in [0.5, 0.6) is 0 Å². The minimum atomic E-state index is -0.0748. The van der Waals surface area contributed by atoms with E-state index in [4.69, 9.17) is 11.6 Å². The van der Waals surface area contributed by atoms with Gasteiger partial charge in [-0.15, -0.1) is 0 Å². The standard InChI is InChI=1S/C14H14ClN3O/c15-11-1-3-12(4-2-11)17-14(19)18-8-6-13-10(9-18)5-7-16-13/h1-5,7,16H,6,8-9H2,(H,17,19). The first-order valence-corrected chi connectivity index (χ1v) is 6.57. The fraction of sp³-hybridized carbons (Fsp3) is 0.214. The number of urea groups is 1. The second kappa shape index (κ2) is 4.97. The lowest BCUT2D eigenvalue weighted by atomic mass is 10.1. The van der Waals surface area contributed by atoms with Crippen molar-refractivity contribution in [1.82, 2.24) is 9.88 Å². The SMILES string of the molecule is O=C(Nc1ccc(Cl)cc1)N1CCc2[nH]ccc2C1. The molecule has 1 aromatic heterocycles. The Kier molecular flexibility index (Phi) is 3.17. The highest BCUT2D eigenvalue weighted by molar-refractivity contribution is 6.30. The predicted octanol–water partition coefficient (Wildman–Crippen LogP) is 3.26. The summed E-state index contributed by atoms with van der Waals surface area (Å²) in [6.45, 7) is 1.38. The van der Waals surface area contributed by atoms with Crippen LogP contribution in [0.1, 0.15) is 11.3 Å². The van der Waals surface area contributed by atoms with E-state index in [1.807, 2.05) is 17.2 Å². The summed E-state index contributed by atoms with van der Waals surface area (Å²) >= 11 is 5.81. The van der Waals surface area contributed by atoms with E-state index in [0.717, 1.165) is 18.7 Å². The molecule has 2 aromatic rings. The van der Waals surface area contributed by atoms with Crippen LogP contribution < -0.4 is 5.32 Å². The number of halogens is 1. The summed E-state index contributed by atoms with van der Waals surface area (Å²) in [6.07, 6.45) is 2.79. The van der Waals surface area contributed by atoms with Gasteiger partial charge in [0, 0.05) is 42.1 Å². The van der Waals surface area contributed by atoms with Gasteiger partial charge in [-0.05, 0) is 35.9 Å². The van der Waals surface area contributed by atoms with Gasteiger partial charge >= 0.3 is 6.03 Å². The zero-order valence-electron chi connectivity index (χ0n) is 10.3. The van der Waals surface area contributed by atoms with Gasteiger partial charge in [0.15, 0.2) is 0 Å². The summed E-state index contributed by atoms with van der Waals surface area (Å²) in [6, 6.07) is 9.07. The van der Waals surface area contributed by atoms with Gasteiger partial charge in [-0.25, -0.2) is 4.79 Å². The lowest BCUT2D eigenvalue weighted by Crippen LogP contribution is -2.38. The Bertz CT molecular complexity index is 591. The number of nitrogens with zero attached hydrogens (tertiary/aromatic N) is 1. The average Bonchev–Trinajstić information content (AvgIpc) is 2.88. The van der Waals surface area contributed by atoms with E-state index in [2.05, 4.69) is 10.3 Å². The monoisotopic (exact) mass is 275 g/mol. The zero-order valence-corrected chi connectivity index (χ0v) is 11.1. The van der Waals surface area contributed by atoms with Crippen molar-refractivity contribution in [2.24, 2.45) is 0 Å². The highest BCUT2D eigenvalue weighted by atomic mass is 35.5. The van der Waals surface area contributed by atoms with Gasteiger partial charge in [0.05, 0.1) is 0 Å². The van der Waals surface area contributed by atoms with Crippen LogP contribution in [0.15, 0.2) is 36.5 Å². The summed E-state index contributed by atoms with van der Waals surface area (Å²) in [5.74, 6) is 0. The summed E-state index contributed by atoms with van der Waals surface area (Å²) in [5.41, 5.74) is 3.18. The third-order valence-electron chi connectivity index (χ3n) is 3.31. The van der Waals surface area contributed by atoms with Crippen molar-refractivity contribution in [3.05, 3.63) is 52.8 Å². The van der Waals surface area contributed by atoms with Gasteiger partial charge in [0.2, 0.25) is 0 Å². The second-order valence-electron chi connectivity index (χ2n) is 4.59. The molecule has 0 atom stereocenters. The molecule has 0 bridgehead atoms. The van der Waals surface area contributed by atoms with Crippen molar-refractivity contribution in [2.45, 2.75) is 13.0 Å². The van der Waals surface area contributed by atoms with E-state index in [1.54, 1.807) is 24.3 Å². The molecule has 4 nitrogen and oxygen atoms in total. The molecule has 5 heteroatoms. The summed E-state index contributed by atoms with van der Waals surface area (Å²) in [7, 11) is 0. The number of carbonyl (C=O) groups is 1. The van der Waals surface area contributed by atoms with Crippen molar-refractivity contribution >= 4 is 23.3 Å². The number of aromatic nitrogens is 1. The Morgan fingerprint density at radius 2 is 2.05 bits per heavy atom. The quantitative estimate of drug-likeness (QED) is 0.824. The molecule has 0 spiro atoms. The molecule has 0 fully saturated rings. The number of hydrogen-bond acceptors (Lipinski definition) is 1. The van der Waals surface area contributed by atoms with Gasteiger partial charge < -0.3 is 15.2 Å². The molecule has 0 saturated carbocycles. The van der Waals surface area contributed by atoms with Crippen LogP contribution >= 0.6 is 11.6 Å². The minimum Gasteiger partial charge on any atom is -0.365 e. The number of nitrogens with one attached hydrogen (secondary N) is 2. The number of fused-ring (bicyclic) bond motifs is 1. The summed E-state index contributed by atoms with van der Waals surface area (Å²) < 4.78 is 0. The Labute approximate surface area is 116 Å². The first-order valence-electron chi connectivity index (χ1n) is 6.19. The second-order valence-corrected chi connectivity index (χ2v) is 5.03. The van der Waals surface area contributed by atoms with Gasteiger partial charge in [-0.1, -0.05) is 11.6 Å². The lowest BCUT2D eigenvalue weighted by molar-refractivity contribution is 0.206. The van der Waals surface area contributed by atoms with Crippen LogP contribution in [-0.2, 0) is 13.0 Å². The molecule has 1 aliphatic rings. The van der Waals surface area contributed by atoms with Crippen molar-refractivity contribution in [3.63, 3.8) is 0 Å². The Morgan fingerprint density at radius 3 is 2.84 bits per heavy atom. The van der Waals surface area contributed by atoms with E-state index < -0.39 is 0 Å². The number of amides is 2. The van der Waals surface area contributed by atoms with E-state index in [9.17, 15) is 4.79 Å². The smallest absolute Gasteiger partial charge is 0.322 e. The Hall–Kier alpha value is -1.94. The summed E-state index contributed by atoms with van der Waals surface area (Å²) in [4.78, 5) is 17.2. The molecule has 3 rings (SSSR count). The molecule has 1 aliphatic heterocycles. The fourth-order valence-electron chi connectivity index (χ4n) is 2.26. The summed E-state index contributed by atoms with van der Waals surface area (Å²) in [5, 5.41) is 3.54. The van der Waals surface area contributed by atoms with Crippen molar-refractivity contribution in [3.8, 4) is 0 Å². The molecule has 0 radical (unpaired) electrons. The molecule has 19 heavy (non-hydrogen) atoms. The topological polar surface area (TPSA) is 48.1 Å².